The summed E-state index contributed by atoms with van der Waals surface area (Å²) in [5.41, 5.74) is 0.617. The average Bonchev–Trinajstić information content (AvgIpc) is 2.86. The first kappa shape index (κ1) is 11.9. The molecule has 1 aromatic heterocycles. The Balaban J connectivity index is 2.15. The molecule has 5 nitrogen and oxygen atoms in total. The van der Waals surface area contributed by atoms with Gasteiger partial charge in [0.1, 0.15) is 5.82 Å². The molecule has 0 bridgehead atoms. The lowest BCUT2D eigenvalue weighted by molar-refractivity contribution is 0.0724. The molecule has 0 saturated carbocycles. The van der Waals surface area contributed by atoms with Gasteiger partial charge in [-0.25, -0.2) is 4.98 Å². The number of rotatable bonds is 3. The van der Waals surface area contributed by atoms with E-state index in [-0.39, 0.29) is 12.0 Å². The summed E-state index contributed by atoms with van der Waals surface area (Å²) in [7, 11) is 3.45. The maximum absolute atomic E-state index is 12.3. The summed E-state index contributed by atoms with van der Waals surface area (Å²) >= 11 is 0. The van der Waals surface area contributed by atoms with E-state index in [1.165, 1.54) is 0 Å². The lowest BCUT2D eigenvalue weighted by Crippen LogP contribution is -2.30. The highest BCUT2D eigenvalue weighted by molar-refractivity contribution is 5.98. The molecule has 1 atom stereocenters. The van der Waals surface area contributed by atoms with Crippen LogP contribution in [0.15, 0.2) is 18.3 Å². The van der Waals surface area contributed by atoms with Gasteiger partial charge in [-0.3, -0.25) is 4.79 Å². The number of nitrogens with one attached hydrogen (secondary N) is 1. The maximum atomic E-state index is 12.3. The highest BCUT2D eigenvalue weighted by Crippen LogP contribution is 2.18. The minimum Gasteiger partial charge on any atom is -0.380 e. The molecule has 0 aliphatic carbocycles. The van der Waals surface area contributed by atoms with E-state index < -0.39 is 0 Å². The first-order valence-electron chi connectivity index (χ1n) is 5.71. The van der Waals surface area contributed by atoms with Crippen molar-refractivity contribution in [2.24, 2.45) is 0 Å². The molecule has 5 heteroatoms. The molecule has 1 N–H and O–H groups in total. The highest BCUT2D eigenvalue weighted by atomic mass is 16.5. The largest absolute Gasteiger partial charge is 0.380 e. The number of aromatic nitrogens is 1. The van der Waals surface area contributed by atoms with E-state index in [0.29, 0.717) is 17.9 Å². The molecule has 2 rings (SSSR count). The van der Waals surface area contributed by atoms with E-state index in [1.54, 1.807) is 32.5 Å². The minimum atomic E-state index is 0.0157. The fourth-order valence-electron chi connectivity index (χ4n) is 2.05. The predicted molar refractivity (Wildman–Crippen MR) is 65.1 cm³/mol. The van der Waals surface area contributed by atoms with Crippen LogP contribution in [-0.4, -0.2) is 49.1 Å². The lowest BCUT2D eigenvalue weighted by Gasteiger charge is -2.17. The topological polar surface area (TPSA) is 54.5 Å². The number of pyridine rings is 1. The summed E-state index contributed by atoms with van der Waals surface area (Å²) in [6.45, 7) is 1.41. The molecule has 1 saturated heterocycles. The summed E-state index contributed by atoms with van der Waals surface area (Å²) in [5.74, 6) is 0.639. The number of carbonyl (C=O) groups excluding carboxylic acids is 1. The second-order valence-electron chi connectivity index (χ2n) is 4.05. The maximum Gasteiger partial charge on any atom is 0.257 e. The third-order valence-corrected chi connectivity index (χ3v) is 3.04. The molecule has 92 valence electrons. The SMILES string of the molecule is CNc1ncccc1C(=O)N1CCC(OC)C1. The van der Waals surface area contributed by atoms with Gasteiger partial charge in [0.05, 0.1) is 11.7 Å². The van der Waals surface area contributed by atoms with Crippen molar-refractivity contribution in [3.05, 3.63) is 23.9 Å². The van der Waals surface area contributed by atoms with Gasteiger partial charge in [0.15, 0.2) is 0 Å². The van der Waals surface area contributed by atoms with E-state index in [1.807, 2.05) is 4.90 Å². The summed E-state index contributed by atoms with van der Waals surface area (Å²) in [5, 5.41) is 2.94. The number of amides is 1. The molecule has 0 radical (unpaired) electrons. The zero-order chi connectivity index (χ0) is 12.3. The summed E-state index contributed by atoms with van der Waals surface area (Å²) < 4.78 is 5.26. The number of carbonyl (C=O) groups is 1. The van der Waals surface area contributed by atoms with Crippen molar-refractivity contribution in [2.45, 2.75) is 12.5 Å². The Hall–Kier alpha value is -1.62. The molecule has 2 heterocycles. The second-order valence-corrected chi connectivity index (χ2v) is 4.05. The molecular formula is C12H17N3O2. The Kier molecular flexibility index (Phi) is 3.58. The van der Waals surface area contributed by atoms with Gasteiger partial charge in [-0.1, -0.05) is 0 Å². The number of ether oxygens (including phenoxy) is 1. The molecule has 1 fully saturated rings. The standard InChI is InChI=1S/C12H17N3O2/c1-13-11-10(4-3-6-14-11)12(16)15-7-5-9(8-15)17-2/h3-4,6,9H,5,7-8H2,1-2H3,(H,13,14). The smallest absolute Gasteiger partial charge is 0.257 e. The van der Waals surface area contributed by atoms with E-state index in [0.717, 1.165) is 13.0 Å². The molecular weight excluding hydrogens is 218 g/mol. The number of anilines is 1. The Labute approximate surface area is 101 Å². The summed E-state index contributed by atoms with van der Waals surface area (Å²) in [4.78, 5) is 18.2. The average molecular weight is 235 g/mol. The number of nitrogens with zero attached hydrogens (tertiary/aromatic N) is 2. The van der Waals surface area contributed by atoms with Gasteiger partial charge in [0.25, 0.3) is 5.91 Å². The minimum absolute atomic E-state index is 0.0157. The van der Waals surface area contributed by atoms with Gasteiger partial charge in [-0.2, -0.15) is 0 Å². The van der Waals surface area contributed by atoms with Crippen molar-refractivity contribution >= 4 is 11.7 Å². The quantitative estimate of drug-likeness (QED) is 0.848. The normalized spacial score (nSPS) is 19.4. The van der Waals surface area contributed by atoms with E-state index in [2.05, 4.69) is 10.3 Å². The predicted octanol–water partition coefficient (Wildman–Crippen LogP) is 0.984. The second kappa shape index (κ2) is 5.14. The van der Waals surface area contributed by atoms with Gasteiger partial charge in [0.2, 0.25) is 0 Å². The van der Waals surface area contributed by atoms with Crippen LogP contribution in [0.3, 0.4) is 0 Å². The van der Waals surface area contributed by atoms with E-state index in [4.69, 9.17) is 4.74 Å². The highest BCUT2D eigenvalue weighted by Gasteiger charge is 2.27. The monoisotopic (exact) mass is 235 g/mol. The Morgan fingerprint density at radius 3 is 3.12 bits per heavy atom. The van der Waals surface area contributed by atoms with Gasteiger partial charge >= 0.3 is 0 Å². The molecule has 1 amide bonds. The van der Waals surface area contributed by atoms with Crippen LogP contribution < -0.4 is 5.32 Å². The van der Waals surface area contributed by atoms with Crippen molar-refractivity contribution < 1.29 is 9.53 Å². The van der Waals surface area contributed by atoms with Crippen molar-refractivity contribution in [3.63, 3.8) is 0 Å². The van der Waals surface area contributed by atoms with Crippen molar-refractivity contribution in [3.8, 4) is 0 Å². The first-order chi connectivity index (χ1) is 8.26. The van der Waals surface area contributed by atoms with Crippen LogP contribution in [0.25, 0.3) is 0 Å². The Morgan fingerprint density at radius 2 is 2.47 bits per heavy atom. The molecule has 0 aromatic carbocycles. The van der Waals surface area contributed by atoms with Gasteiger partial charge in [0, 0.05) is 33.4 Å². The molecule has 1 unspecified atom stereocenters. The van der Waals surface area contributed by atoms with Crippen molar-refractivity contribution in [1.29, 1.82) is 0 Å². The van der Waals surface area contributed by atoms with Crippen LogP contribution in [0.1, 0.15) is 16.8 Å². The van der Waals surface area contributed by atoms with Crippen molar-refractivity contribution in [1.82, 2.24) is 9.88 Å². The molecule has 1 aliphatic rings. The van der Waals surface area contributed by atoms with Gasteiger partial charge < -0.3 is 15.0 Å². The van der Waals surface area contributed by atoms with Crippen molar-refractivity contribution in [2.75, 3.05) is 32.6 Å². The molecule has 1 aromatic rings. The third-order valence-electron chi connectivity index (χ3n) is 3.04. The van der Waals surface area contributed by atoms with Crippen LogP contribution in [0, 0.1) is 0 Å². The van der Waals surface area contributed by atoms with Crippen LogP contribution in [0.5, 0.6) is 0 Å². The van der Waals surface area contributed by atoms with Gasteiger partial charge in [-0.05, 0) is 18.6 Å². The number of likely N-dealkylation sites (tertiary alicyclic amines) is 1. The zero-order valence-electron chi connectivity index (χ0n) is 10.1. The molecule has 17 heavy (non-hydrogen) atoms. The number of methoxy groups -OCH3 is 1. The zero-order valence-corrected chi connectivity index (χ0v) is 10.1. The third kappa shape index (κ3) is 2.39. The number of hydrogen-bond donors (Lipinski definition) is 1. The van der Waals surface area contributed by atoms with Crippen LogP contribution >= 0.6 is 0 Å². The van der Waals surface area contributed by atoms with E-state index >= 15 is 0 Å². The lowest BCUT2D eigenvalue weighted by atomic mass is 10.2. The Bertz CT molecular complexity index is 408. The fraction of sp³-hybridized carbons (Fsp3) is 0.500. The number of hydrogen-bond acceptors (Lipinski definition) is 4. The fourth-order valence-corrected chi connectivity index (χ4v) is 2.05. The summed E-state index contributed by atoms with van der Waals surface area (Å²) in [6.07, 6.45) is 2.73. The molecule has 1 aliphatic heterocycles. The van der Waals surface area contributed by atoms with Crippen LogP contribution in [0.2, 0.25) is 0 Å². The van der Waals surface area contributed by atoms with Gasteiger partial charge in [-0.15, -0.1) is 0 Å². The molecule has 0 spiro atoms. The summed E-state index contributed by atoms with van der Waals surface area (Å²) in [6, 6.07) is 3.57. The van der Waals surface area contributed by atoms with Crippen LogP contribution in [0.4, 0.5) is 5.82 Å². The van der Waals surface area contributed by atoms with Crippen LogP contribution in [-0.2, 0) is 4.74 Å². The van der Waals surface area contributed by atoms with E-state index in [9.17, 15) is 4.79 Å². The Morgan fingerprint density at radius 1 is 1.65 bits per heavy atom. The first-order valence-corrected chi connectivity index (χ1v) is 5.71.